The van der Waals surface area contributed by atoms with Crippen molar-refractivity contribution in [3.05, 3.63) is 29.8 Å². The highest BCUT2D eigenvalue weighted by Crippen LogP contribution is 2.18. The van der Waals surface area contributed by atoms with Crippen molar-refractivity contribution in [2.75, 3.05) is 11.9 Å². The fourth-order valence-corrected chi connectivity index (χ4v) is 1.29. The van der Waals surface area contributed by atoms with Crippen molar-refractivity contribution in [3.63, 3.8) is 0 Å². The maximum absolute atomic E-state index is 12.0. The van der Waals surface area contributed by atoms with Crippen molar-refractivity contribution in [2.45, 2.75) is 19.1 Å². The monoisotopic (exact) mass is 282 g/mol. The van der Waals surface area contributed by atoms with Gasteiger partial charge in [0, 0.05) is 12.2 Å². The molecule has 0 saturated carbocycles. The van der Waals surface area contributed by atoms with Gasteiger partial charge in [-0.05, 0) is 17.7 Å². The summed E-state index contributed by atoms with van der Waals surface area (Å²) in [5.74, 6) is -2.08. The van der Waals surface area contributed by atoms with E-state index in [-0.39, 0.29) is 12.2 Å². The normalized spacial score (nSPS) is 11.7. The molecule has 0 aliphatic rings. The maximum Gasteiger partial charge on any atom is 0.471 e. The molecule has 0 spiro atoms. The molecular weight excluding hydrogens is 271 g/mol. The summed E-state index contributed by atoms with van der Waals surface area (Å²) < 4.78 is 59.8. The lowest BCUT2D eigenvalue weighted by molar-refractivity contribution is -0.167. The molecule has 0 aliphatic carbocycles. The molecule has 2 N–H and O–H groups in total. The van der Waals surface area contributed by atoms with Gasteiger partial charge >= 0.3 is 12.1 Å². The SMILES string of the molecule is O=C(Nc1cccc(CNCC(F)F)c1)C(F)(F)F. The number of carbonyl (C=O) groups excluding carboxylic acids is 1. The van der Waals surface area contributed by atoms with Crippen LogP contribution in [0, 0.1) is 0 Å². The van der Waals surface area contributed by atoms with Gasteiger partial charge in [0.2, 0.25) is 0 Å². The highest BCUT2D eigenvalue weighted by Gasteiger charge is 2.38. The van der Waals surface area contributed by atoms with E-state index < -0.39 is 25.1 Å². The number of hydrogen-bond acceptors (Lipinski definition) is 2. The molecule has 1 aromatic carbocycles. The molecule has 0 bridgehead atoms. The summed E-state index contributed by atoms with van der Waals surface area (Å²) in [5.41, 5.74) is 0.444. The number of hydrogen-bond donors (Lipinski definition) is 2. The third-order valence-corrected chi connectivity index (χ3v) is 2.07. The molecule has 1 amide bonds. The third-order valence-electron chi connectivity index (χ3n) is 2.07. The van der Waals surface area contributed by atoms with Gasteiger partial charge in [-0.15, -0.1) is 0 Å². The molecule has 0 atom stereocenters. The standard InChI is InChI=1S/C11H11F5N2O/c12-9(13)6-17-5-7-2-1-3-8(4-7)18-10(19)11(14,15)16/h1-4,9,17H,5-6H2,(H,18,19). The molecular formula is C11H11F5N2O. The van der Waals surface area contributed by atoms with Crippen LogP contribution in [0.3, 0.4) is 0 Å². The van der Waals surface area contributed by atoms with Crippen LogP contribution < -0.4 is 10.6 Å². The number of halogens is 5. The molecule has 0 saturated heterocycles. The summed E-state index contributed by atoms with van der Waals surface area (Å²) in [6.07, 6.45) is -7.47. The lowest BCUT2D eigenvalue weighted by atomic mass is 10.2. The summed E-state index contributed by atoms with van der Waals surface area (Å²) in [6, 6.07) is 5.52. The number of nitrogens with one attached hydrogen (secondary N) is 2. The Morgan fingerprint density at radius 2 is 1.95 bits per heavy atom. The first kappa shape index (κ1) is 15.4. The highest BCUT2D eigenvalue weighted by molar-refractivity contribution is 5.94. The minimum Gasteiger partial charge on any atom is -0.318 e. The Kier molecular flexibility index (Phi) is 5.22. The lowest BCUT2D eigenvalue weighted by Crippen LogP contribution is -2.30. The van der Waals surface area contributed by atoms with Gasteiger partial charge in [0.05, 0.1) is 6.54 Å². The first-order valence-corrected chi connectivity index (χ1v) is 5.25. The molecule has 19 heavy (non-hydrogen) atoms. The number of amides is 1. The molecule has 1 aromatic rings. The first-order chi connectivity index (χ1) is 8.79. The Morgan fingerprint density at radius 1 is 1.26 bits per heavy atom. The van der Waals surface area contributed by atoms with Crippen molar-refractivity contribution in [1.82, 2.24) is 5.32 Å². The van der Waals surface area contributed by atoms with Crippen LogP contribution in [0.2, 0.25) is 0 Å². The zero-order chi connectivity index (χ0) is 14.5. The van der Waals surface area contributed by atoms with E-state index in [1.54, 1.807) is 11.4 Å². The van der Waals surface area contributed by atoms with Gasteiger partial charge in [0.1, 0.15) is 0 Å². The summed E-state index contributed by atoms with van der Waals surface area (Å²) in [4.78, 5) is 10.7. The molecule has 0 heterocycles. The van der Waals surface area contributed by atoms with Crippen molar-refractivity contribution < 1.29 is 26.7 Å². The second kappa shape index (κ2) is 6.46. The zero-order valence-electron chi connectivity index (χ0n) is 9.60. The second-order valence-corrected chi connectivity index (χ2v) is 3.67. The summed E-state index contributed by atoms with van der Waals surface area (Å²) in [6.45, 7) is -0.445. The highest BCUT2D eigenvalue weighted by atomic mass is 19.4. The van der Waals surface area contributed by atoms with Gasteiger partial charge in [-0.25, -0.2) is 8.78 Å². The zero-order valence-corrected chi connectivity index (χ0v) is 9.60. The maximum atomic E-state index is 12.0. The summed E-state index contributed by atoms with van der Waals surface area (Å²) in [7, 11) is 0. The number of carbonyl (C=O) groups is 1. The van der Waals surface area contributed by atoms with E-state index in [9.17, 15) is 26.7 Å². The van der Waals surface area contributed by atoms with E-state index in [1.165, 1.54) is 18.2 Å². The topological polar surface area (TPSA) is 41.1 Å². The van der Waals surface area contributed by atoms with E-state index in [4.69, 9.17) is 0 Å². The van der Waals surface area contributed by atoms with Crippen molar-refractivity contribution >= 4 is 11.6 Å². The Morgan fingerprint density at radius 3 is 2.53 bits per heavy atom. The van der Waals surface area contributed by atoms with E-state index >= 15 is 0 Å². The summed E-state index contributed by atoms with van der Waals surface area (Å²) >= 11 is 0. The van der Waals surface area contributed by atoms with Crippen LogP contribution in [0.25, 0.3) is 0 Å². The number of benzene rings is 1. The van der Waals surface area contributed by atoms with Crippen LogP contribution in [0.15, 0.2) is 24.3 Å². The van der Waals surface area contributed by atoms with Gasteiger partial charge < -0.3 is 10.6 Å². The average Bonchev–Trinajstić information content (AvgIpc) is 2.27. The molecule has 0 aliphatic heterocycles. The Balaban J connectivity index is 2.59. The third kappa shape index (κ3) is 5.64. The van der Waals surface area contributed by atoms with E-state index in [1.807, 2.05) is 0 Å². The Hall–Kier alpha value is -1.70. The van der Waals surface area contributed by atoms with Crippen molar-refractivity contribution in [3.8, 4) is 0 Å². The molecule has 0 aromatic heterocycles. The molecule has 0 radical (unpaired) electrons. The molecule has 0 unspecified atom stereocenters. The van der Waals surface area contributed by atoms with Gasteiger partial charge in [-0.3, -0.25) is 4.79 Å². The van der Waals surface area contributed by atoms with Crippen molar-refractivity contribution in [2.24, 2.45) is 0 Å². The fraction of sp³-hybridized carbons (Fsp3) is 0.364. The van der Waals surface area contributed by atoms with Crippen LogP contribution in [-0.2, 0) is 11.3 Å². The van der Waals surface area contributed by atoms with Crippen LogP contribution in [0.1, 0.15) is 5.56 Å². The van der Waals surface area contributed by atoms with Crippen LogP contribution in [0.4, 0.5) is 27.6 Å². The van der Waals surface area contributed by atoms with Gasteiger partial charge in [-0.2, -0.15) is 13.2 Å². The quantitative estimate of drug-likeness (QED) is 0.815. The smallest absolute Gasteiger partial charge is 0.318 e. The van der Waals surface area contributed by atoms with Crippen LogP contribution in [0.5, 0.6) is 0 Å². The minimum absolute atomic E-state index is 0.0429. The lowest BCUT2D eigenvalue weighted by Gasteiger charge is -2.09. The minimum atomic E-state index is -4.97. The summed E-state index contributed by atoms with van der Waals surface area (Å²) in [5, 5.41) is 4.11. The Bertz CT molecular complexity index is 433. The number of anilines is 1. The van der Waals surface area contributed by atoms with Gasteiger partial charge in [0.25, 0.3) is 6.43 Å². The molecule has 1 rings (SSSR count). The number of rotatable bonds is 5. The second-order valence-electron chi connectivity index (χ2n) is 3.67. The van der Waals surface area contributed by atoms with Crippen LogP contribution in [-0.4, -0.2) is 25.1 Å². The average molecular weight is 282 g/mol. The van der Waals surface area contributed by atoms with Gasteiger partial charge in [0.15, 0.2) is 0 Å². The van der Waals surface area contributed by atoms with Crippen LogP contribution >= 0.6 is 0 Å². The largest absolute Gasteiger partial charge is 0.471 e. The molecule has 3 nitrogen and oxygen atoms in total. The van der Waals surface area contributed by atoms with Crippen molar-refractivity contribution in [1.29, 1.82) is 0 Å². The molecule has 0 fully saturated rings. The predicted molar refractivity (Wildman–Crippen MR) is 58.8 cm³/mol. The molecule has 106 valence electrons. The first-order valence-electron chi connectivity index (χ1n) is 5.25. The molecule has 8 heteroatoms. The Labute approximate surface area is 105 Å². The van der Waals surface area contributed by atoms with Gasteiger partial charge in [-0.1, -0.05) is 12.1 Å². The van der Waals surface area contributed by atoms with E-state index in [2.05, 4.69) is 5.32 Å². The number of alkyl halides is 5. The predicted octanol–water partition coefficient (Wildman–Crippen LogP) is 2.54. The fourth-order valence-electron chi connectivity index (χ4n) is 1.29. The van der Waals surface area contributed by atoms with E-state index in [0.29, 0.717) is 5.56 Å². The van der Waals surface area contributed by atoms with E-state index in [0.717, 1.165) is 0 Å².